The highest BCUT2D eigenvalue weighted by Crippen LogP contribution is 2.32. The van der Waals surface area contributed by atoms with Crippen LogP contribution < -0.4 is 15.4 Å². The molecule has 2 heterocycles. The lowest BCUT2D eigenvalue weighted by Crippen LogP contribution is -2.34. The molecule has 0 bridgehead atoms. The van der Waals surface area contributed by atoms with Crippen molar-refractivity contribution in [2.75, 3.05) is 10.6 Å². The average molecular weight is 335 g/mol. The van der Waals surface area contributed by atoms with Crippen LogP contribution in [0.2, 0.25) is 0 Å². The molecule has 1 atom stereocenters. The fraction of sp³-hybridized carbons (Fsp3) is 0.158. The number of amides is 2. The van der Waals surface area contributed by atoms with Crippen LogP contribution in [0, 0.1) is 0 Å². The first-order valence-corrected chi connectivity index (χ1v) is 8.06. The van der Waals surface area contributed by atoms with Gasteiger partial charge in [0.05, 0.1) is 12.1 Å². The Balaban J connectivity index is 1.50. The van der Waals surface area contributed by atoms with Crippen LogP contribution in [0.1, 0.15) is 12.5 Å². The zero-order valence-electron chi connectivity index (χ0n) is 13.6. The summed E-state index contributed by atoms with van der Waals surface area (Å²) in [5.41, 5.74) is 3.12. The van der Waals surface area contributed by atoms with E-state index in [0.29, 0.717) is 17.1 Å². The van der Waals surface area contributed by atoms with Crippen molar-refractivity contribution in [3.8, 4) is 5.75 Å². The molecular weight excluding hydrogens is 318 g/mol. The van der Waals surface area contributed by atoms with Gasteiger partial charge in [-0.05, 0) is 36.8 Å². The van der Waals surface area contributed by atoms with E-state index in [0.717, 1.165) is 16.5 Å². The van der Waals surface area contributed by atoms with Crippen molar-refractivity contribution in [1.82, 2.24) is 4.98 Å². The highest BCUT2D eigenvalue weighted by Gasteiger charge is 2.23. The molecule has 3 N–H and O–H groups in total. The van der Waals surface area contributed by atoms with Crippen molar-refractivity contribution in [3.63, 3.8) is 0 Å². The molecule has 1 aliphatic rings. The van der Waals surface area contributed by atoms with Gasteiger partial charge in [-0.15, -0.1) is 0 Å². The van der Waals surface area contributed by atoms with E-state index in [1.165, 1.54) is 0 Å². The lowest BCUT2D eigenvalue weighted by molar-refractivity contribution is -0.122. The van der Waals surface area contributed by atoms with Crippen LogP contribution in [0.3, 0.4) is 0 Å². The number of benzene rings is 2. The molecule has 0 saturated heterocycles. The van der Waals surface area contributed by atoms with Gasteiger partial charge in [-0.1, -0.05) is 18.2 Å². The van der Waals surface area contributed by atoms with Gasteiger partial charge in [0, 0.05) is 22.8 Å². The number of carbonyl (C=O) groups excluding carboxylic acids is 2. The summed E-state index contributed by atoms with van der Waals surface area (Å²) in [6, 6.07) is 13.1. The molecule has 0 radical (unpaired) electrons. The Kier molecular flexibility index (Phi) is 3.65. The molecule has 1 aromatic heterocycles. The van der Waals surface area contributed by atoms with Crippen LogP contribution in [0.15, 0.2) is 48.7 Å². The first kappa shape index (κ1) is 15.3. The quantitative estimate of drug-likeness (QED) is 0.688. The third kappa shape index (κ3) is 2.94. The van der Waals surface area contributed by atoms with Gasteiger partial charge >= 0.3 is 0 Å². The fourth-order valence-electron chi connectivity index (χ4n) is 2.94. The van der Waals surface area contributed by atoms with Gasteiger partial charge < -0.3 is 20.4 Å². The predicted octanol–water partition coefficient (Wildman–Crippen LogP) is 3.07. The SMILES string of the molecule is CC1Oc2ccc(NC(=O)Cc3c[nH]c4ccccc34)cc2NC1=O. The number of nitrogens with one attached hydrogen (secondary N) is 3. The molecule has 1 aliphatic heterocycles. The van der Waals surface area contributed by atoms with Gasteiger partial charge in [0.1, 0.15) is 5.75 Å². The molecule has 0 spiro atoms. The third-order valence-corrected chi connectivity index (χ3v) is 4.22. The van der Waals surface area contributed by atoms with Crippen LogP contribution in [0.4, 0.5) is 11.4 Å². The maximum absolute atomic E-state index is 12.4. The molecule has 0 saturated carbocycles. The normalized spacial score (nSPS) is 16.0. The van der Waals surface area contributed by atoms with Crippen molar-refractivity contribution < 1.29 is 14.3 Å². The van der Waals surface area contributed by atoms with Crippen LogP contribution in [-0.2, 0) is 16.0 Å². The summed E-state index contributed by atoms with van der Waals surface area (Å²) in [5, 5.41) is 6.67. The van der Waals surface area contributed by atoms with E-state index < -0.39 is 6.10 Å². The molecular formula is C19H17N3O3. The number of aromatic amines is 1. The molecule has 2 aromatic carbocycles. The third-order valence-electron chi connectivity index (χ3n) is 4.22. The van der Waals surface area contributed by atoms with Crippen molar-refractivity contribution in [1.29, 1.82) is 0 Å². The average Bonchev–Trinajstić information content (AvgIpc) is 2.99. The Labute approximate surface area is 144 Å². The number of carbonyl (C=O) groups is 2. The number of rotatable bonds is 3. The lowest BCUT2D eigenvalue weighted by atomic mass is 10.1. The number of fused-ring (bicyclic) bond motifs is 2. The monoisotopic (exact) mass is 335 g/mol. The molecule has 2 amide bonds. The zero-order valence-corrected chi connectivity index (χ0v) is 13.6. The summed E-state index contributed by atoms with van der Waals surface area (Å²) < 4.78 is 5.51. The number of H-pyrrole nitrogens is 1. The van der Waals surface area contributed by atoms with E-state index >= 15 is 0 Å². The van der Waals surface area contributed by atoms with Crippen LogP contribution >= 0.6 is 0 Å². The topological polar surface area (TPSA) is 83.2 Å². The van der Waals surface area contributed by atoms with Crippen LogP contribution in [0.5, 0.6) is 5.75 Å². The van der Waals surface area contributed by atoms with Crippen LogP contribution in [-0.4, -0.2) is 22.9 Å². The fourth-order valence-corrected chi connectivity index (χ4v) is 2.94. The molecule has 1 unspecified atom stereocenters. The van der Waals surface area contributed by atoms with E-state index in [4.69, 9.17) is 4.74 Å². The van der Waals surface area contributed by atoms with Crippen molar-refractivity contribution in [2.24, 2.45) is 0 Å². The summed E-state index contributed by atoms with van der Waals surface area (Å²) in [4.78, 5) is 27.2. The number of para-hydroxylation sites is 1. The largest absolute Gasteiger partial charge is 0.479 e. The zero-order chi connectivity index (χ0) is 17.4. The predicted molar refractivity (Wildman–Crippen MR) is 95.8 cm³/mol. The first-order valence-electron chi connectivity index (χ1n) is 8.06. The van der Waals surface area contributed by atoms with Gasteiger partial charge in [0.25, 0.3) is 5.91 Å². The van der Waals surface area contributed by atoms with E-state index in [-0.39, 0.29) is 18.2 Å². The lowest BCUT2D eigenvalue weighted by Gasteiger charge is -2.23. The number of ether oxygens (including phenoxy) is 1. The molecule has 6 heteroatoms. The Morgan fingerprint density at radius 1 is 1.24 bits per heavy atom. The summed E-state index contributed by atoms with van der Waals surface area (Å²) in [6.45, 7) is 1.69. The molecule has 4 rings (SSSR count). The Hall–Kier alpha value is -3.28. The van der Waals surface area contributed by atoms with E-state index in [1.807, 2.05) is 30.5 Å². The van der Waals surface area contributed by atoms with E-state index in [2.05, 4.69) is 15.6 Å². The van der Waals surface area contributed by atoms with Gasteiger partial charge in [-0.3, -0.25) is 9.59 Å². The first-order chi connectivity index (χ1) is 12.1. The van der Waals surface area contributed by atoms with Crippen LogP contribution in [0.25, 0.3) is 10.9 Å². The molecule has 0 fully saturated rings. The van der Waals surface area contributed by atoms with E-state index in [9.17, 15) is 9.59 Å². The Bertz CT molecular complexity index is 977. The summed E-state index contributed by atoms with van der Waals surface area (Å²) in [7, 11) is 0. The smallest absolute Gasteiger partial charge is 0.265 e. The summed E-state index contributed by atoms with van der Waals surface area (Å²) in [6.07, 6.45) is 1.60. The minimum absolute atomic E-state index is 0.124. The minimum Gasteiger partial charge on any atom is -0.479 e. The standard InChI is InChI=1S/C19H17N3O3/c1-11-19(24)22-16-9-13(6-7-17(16)25-11)21-18(23)8-12-10-20-15-5-3-2-4-14(12)15/h2-7,9-11,20H,8H2,1H3,(H,21,23)(H,22,24). The maximum Gasteiger partial charge on any atom is 0.265 e. The molecule has 25 heavy (non-hydrogen) atoms. The number of hydrogen-bond acceptors (Lipinski definition) is 3. The number of aromatic nitrogens is 1. The second-order valence-electron chi connectivity index (χ2n) is 6.04. The van der Waals surface area contributed by atoms with Gasteiger partial charge in [0.15, 0.2) is 6.10 Å². The minimum atomic E-state index is -0.519. The highest BCUT2D eigenvalue weighted by molar-refractivity contribution is 6.00. The van der Waals surface area contributed by atoms with Gasteiger partial charge in [-0.2, -0.15) is 0 Å². The van der Waals surface area contributed by atoms with Crippen molar-refractivity contribution in [2.45, 2.75) is 19.4 Å². The number of anilines is 2. The Morgan fingerprint density at radius 2 is 2.08 bits per heavy atom. The summed E-state index contributed by atoms with van der Waals surface area (Å²) in [5.74, 6) is 0.276. The maximum atomic E-state index is 12.4. The van der Waals surface area contributed by atoms with Gasteiger partial charge in [0.2, 0.25) is 5.91 Å². The second kappa shape index (κ2) is 5.98. The molecule has 0 aliphatic carbocycles. The Morgan fingerprint density at radius 3 is 2.96 bits per heavy atom. The molecule has 3 aromatic rings. The second-order valence-corrected chi connectivity index (χ2v) is 6.04. The van der Waals surface area contributed by atoms with Crippen molar-refractivity contribution in [3.05, 3.63) is 54.2 Å². The number of hydrogen-bond donors (Lipinski definition) is 3. The highest BCUT2D eigenvalue weighted by atomic mass is 16.5. The van der Waals surface area contributed by atoms with E-state index in [1.54, 1.807) is 25.1 Å². The van der Waals surface area contributed by atoms with Gasteiger partial charge in [-0.25, -0.2) is 0 Å². The van der Waals surface area contributed by atoms with Crippen molar-refractivity contribution >= 4 is 34.1 Å². The molecule has 126 valence electrons. The summed E-state index contributed by atoms with van der Waals surface area (Å²) >= 11 is 0. The molecule has 6 nitrogen and oxygen atoms in total.